The highest BCUT2D eigenvalue weighted by atomic mass is 35.5. The standard InChI is InChI=1S/C19H14Cl3F3N2O4/c20-11-5-4-10(19(23,24)25)8-14(11)27-16(29)9-31-17(30)7-6-15(28)26-13-3-1-2-12(21)18(13)22/h1-5,8H,6-7,9H2,(H,26,28)(H,27,29). The Labute approximate surface area is 189 Å². The van der Waals surface area contributed by atoms with Crippen LogP contribution in [0.15, 0.2) is 36.4 Å². The molecule has 0 unspecified atom stereocenters. The van der Waals surface area contributed by atoms with E-state index in [-0.39, 0.29) is 39.3 Å². The molecule has 0 radical (unpaired) electrons. The first-order chi connectivity index (χ1) is 14.5. The van der Waals surface area contributed by atoms with Crippen LogP contribution in [0.25, 0.3) is 0 Å². The topological polar surface area (TPSA) is 84.5 Å². The smallest absolute Gasteiger partial charge is 0.416 e. The minimum absolute atomic E-state index is 0.121. The number of hydrogen-bond donors (Lipinski definition) is 2. The zero-order chi connectivity index (χ0) is 23.2. The molecule has 6 nitrogen and oxygen atoms in total. The monoisotopic (exact) mass is 496 g/mol. The van der Waals surface area contributed by atoms with Gasteiger partial charge in [0.25, 0.3) is 5.91 Å². The molecule has 0 spiro atoms. The molecule has 0 aliphatic heterocycles. The molecule has 0 saturated heterocycles. The SMILES string of the molecule is O=C(COC(=O)CCC(=O)Nc1cccc(Cl)c1Cl)Nc1cc(C(F)(F)F)ccc1Cl. The van der Waals surface area contributed by atoms with Crippen molar-refractivity contribution < 1.29 is 32.3 Å². The number of ether oxygens (including phenoxy) is 1. The Hall–Kier alpha value is -2.49. The molecule has 0 bridgehead atoms. The van der Waals surface area contributed by atoms with Crippen molar-refractivity contribution in [3.63, 3.8) is 0 Å². The molecule has 0 atom stereocenters. The molecule has 0 heterocycles. The van der Waals surface area contributed by atoms with Gasteiger partial charge in [0.2, 0.25) is 5.91 Å². The van der Waals surface area contributed by atoms with E-state index in [1.165, 1.54) is 12.1 Å². The summed E-state index contributed by atoms with van der Waals surface area (Å²) in [7, 11) is 0. The molecule has 0 aliphatic rings. The molecule has 2 rings (SSSR count). The minimum Gasteiger partial charge on any atom is -0.456 e. The third-order valence-corrected chi connectivity index (χ3v) is 4.86. The summed E-state index contributed by atoms with van der Waals surface area (Å²) in [5.74, 6) is -2.30. The second-order valence-corrected chi connectivity index (χ2v) is 7.24. The molecule has 31 heavy (non-hydrogen) atoms. The van der Waals surface area contributed by atoms with Crippen LogP contribution in [0.1, 0.15) is 18.4 Å². The number of nitrogens with one attached hydrogen (secondary N) is 2. The van der Waals surface area contributed by atoms with E-state index in [1.54, 1.807) is 6.07 Å². The van der Waals surface area contributed by atoms with Crippen molar-refractivity contribution in [2.45, 2.75) is 19.0 Å². The first kappa shape index (κ1) is 24.8. The van der Waals surface area contributed by atoms with Gasteiger partial charge in [0.05, 0.1) is 38.4 Å². The van der Waals surface area contributed by atoms with Gasteiger partial charge in [0, 0.05) is 6.42 Å². The van der Waals surface area contributed by atoms with E-state index in [2.05, 4.69) is 10.6 Å². The van der Waals surface area contributed by atoms with Crippen LogP contribution in [0.5, 0.6) is 0 Å². The Morgan fingerprint density at radius 1 is 0.871 bits per heavy atom. The highest BCUT2D eigenvalue weighted by Gasteiger charge is 2.31. The molecule has 2 N–H and O–H groups in total. The molecule has 0 aliphatic carbocycles. The largest absolute Gasteiger partial charge is 0.456 e. The number of rotatable bonds is 7. The van der Waals surface area contributed by atoms with E-state index < -0.39 is 36.1 Å². The zero-order valence-corrected chi connectivity index (χ0v) is 17.8. The summed E-state index contributed by atoms with van der Waals surface area (Å²) in [5.41, 5.74) is -1.02. The van der Waals surface area contributed by atoms with Crippen molar-refractivity contribution in [1.29, 1.82) is 0 Å². The van der Waals surface area contributed by atoms with Gasteiger partial charge in [-0.2, -0.15) is 13.2 Å². The molecule has 2 aromatic carbocycles. The summed E-state index contributed by atoms with van der Waals surface area (Å²) in [6.07, 6.45) is -5.23. The number of benzene rings is 2. The summed E-state index contributed by atoms with van der Waals surface area (Å²) in [4.78, 5) is 35.5. The van der Waals surface area contributed by atoms with Crippen molar-refractivity contribution >= 4 is 64.0 Å². The van der Waals surface area contributed by atoms with Gasteiger partial charge in [-0.15, -0.1) is 0 Å². The number of esters is 1. The predicted octanol–water partition coefficient (Wildman–Crippen LogP) is 5.57. The molecule has 0 saturated carbocycles. The van der Waals surface area contributed by atoms with Crippen molar-refractivity contribution in [2.24, 2.45) is 0 Å². The molecule has 2 aromatic rings. The average Bonchev–Trinajstić information content (AvgIpc) is 2.69. The fourth-order valence-corrected chi connectivity index (χ4v) is 2.74. The van der Waals surface area contributed by atoms with Crippen LogP contribution in [0.3, 0.4) is 0 Å². The normalized spacial score (nSPS) is 11.0. The maximum absolute atomic E-state index is 12.7. The number of alkyl halides is 3. The van der Waals surface area contributed by atoms with Crippen LogP contribution in [-0.4, -0.2) is 24.4 Å². The molecule has 0 fully saturated rings. The fourth-order valence-electron chi connectivity index (χ4n) is 2.23. The second-order valence-electron chi connectivity index (χ2n) is 6.05. The van der Waals surface area contributed by atoms with E-state index >= 15 is 0 Å². The highest BCUT2D eigenvalue weighted by molar-refractivity contribution is 6.44. The van der Waals surface area contributed by atoms with E-state index in [0.29, 0.717) is 6.07 Å². The van der Waals surface area contributed by atoms with Crippen LogP contribution in [0.4, 0.5) is 24.5 Å². The van der Waals surface area contributed by atoms with Gasteiger partial charge in [-0.1, -0.05) is 40.9 Å². The Balaban J connectivity index is 1.80. The maximum Gasteiger partial charge on any atom is 0.416 e. The lowest BCUT2D eigenvalue weighted by Crippen LogP contribution is -2.22. The van der Waals surface area contributed by atoms with Crippen LogP contribution in [0.2, 0.25) is 15.1 Å². The molecule has 2 amide bonds. The Morgan fingerprint density at radius 3 is 2.23 bits per heavy atom. The Kier molecular flexibility index (Phi) is 8.55. The van der Waals surface area contributed by atoms with Crippen LogP contribution >= 0.6 is 34.8 Å². The fraction of sp³-hybridized carbons (Fsp3) is 0.211. The number of anilines is 2. The summed E-state index contributed by atoms with van der Waals surface area (Å²) < 4.78 is 43.0. The van der Waals surface area contributed by atoms with Crippen LogP contribution in [0, 0.1) is 0 Å². The second kappa shape index (κ2) is 10.7. The lowest BCUT2D eigenvalue weighted by Gasteiger charge is -2.12. The summed E-state index contributed by atoms with van der Waals surface area (Å²) in [5, 5.41) is 4.87. The zero-order valence-electron chi connectivity index (χ0n) is 15.5. The number of carbonyl (C=O) groups is 3. The summed E-state index contributed by atoms with van der Waals surface area (Å²) in [6, 6.07) is 7.04. The highest BCUT2D eigenvalue weighted by Crippen LogP contribution is 2.34. The third-order valence-electron chi connectivity index (χ3n) is 3.71. The van der Waals surface area contributed by atoms with E-state index in [0.717, 1.165) is 12.1 Å². The van der Waals surface area contributed by atoms with Gasteiger partial charge in [-0.05, 0) is 30.3 Å². The number of amides is 2. The third kappa shape index (κ3) is 7.61. The van der Waals surface area contributed by atoms with Crippen LogP contribution < -0.4 is 10.6 Å². The number of carbonyl (C=O) groups excluding carboxylic acids is 3. The van der Waals surface area contributed by atoms with Gasteiger partial charge < -0.3 is 15.4 Å². The summed E-state index contributed by atoms with van der Waals surface area (Å²) in [6.45, 7) is -0.771. The van der Waals surface area contributed by atoms with Crippen molar-refractivity contribution in [3.8, 4) is 0 Å². The molecule has 0 aromatic heterocycles. The van der Waals surface area contributed by atoms with Gasteiger partial charge in [0.15, 0.2) is 6.61 Å². The van der Waals surface area contributed by atoms with E-state index in [9.17, 15) is 27.6 Å². The number of hydrogen-bond acceptors (Lipinski definition) is 4. The molecule has 12 heteroatoms. The quantitative estimate of drug-likeness (QED) is 0.490. The van der Waals surface area contributed by atoms with Crippen molar-refractivity contribution in [3.05, 3.63) is 57.0 Å². The molecule has 166 valence electrons. The first-order valence-electron chi connectivity index (χ1n) is 8.53. The van der Waals surface area contributed by atoms with Gasteiger partial charge in [0.1, 0.15) is 0 Å². The van der Waals surface area contributed by atoms with Crippen molar-refractivity contribution in [2.75, 3.05) is 17.2 Å². The lowest BCUT2D eigenvalue weighted by molar-refractivity contribution is -0.147. The summed E-state index contributed by atoms with van der Waals surface area (Å²) >= 11 is 17.6. The Morgan fingerprint density at radius 2 is 1.55 bits per heavy atom. The average molecular weight is 498 g/mol. The van der Waals surface area contributed by atoms with Crippen LogP contribution in [-0.2, 0) is 25.3 Å². The first-order valence-corrected chi connectivity index (χ1v) is 9.67. The van der Waals surface area contributed by atoms with Gasteiger partial charge >= 0.3 is 12.1 Å². The van der Waals surface area contributed by atoms with E-state index in [1.807, 2.05) is 0 Å². The van der Waals surface area contributed by atoms with Gasteiger partial charge in [-0.3, -0.25) is 14.4 Å². The maximum atomic E-state index is 12.7. The lowest BCUT2D eigenvalue weighted by atomic mass is 10.2. The number of halogens is 6. The minimum atomic E-state index is -4.62. The van der Waals surface area contributed by atoms with Crippen molar-refractivity contribution in [1.82, 2.24) is 0 Å². The predicted molar refractivity (Wildman–Crippen MR) is 110 cm³/mol. The Bertz CT molecular complexity index is 1000. The van der Waals surface area contributed by atoms with Gasteiger partial charge in [-0.25, -0.2) is 0 Å². The molecular weight excluding hydrogens is 484 g/mol. The van der Waals surface area contributed by atoms with E-state index in [4.69, 9.17) is 39.5 Å². The molecular formula is C19H14Cl3F3N2O4.